The van der Waals surface area contributed by atoms with Crippen LogP contribution in [0.15, 0.2) is 24.3 Å². The maximum Gasteiger partial charge on any atom is 0.416 e. The number of aromatic nitrogens is 1. The van der Waals surface area contributed by atoms with Gasteiger partial charge in [0.1, 0.15) is 5.01 Å². The lowest BCUT2D eigenvalue weighted by atomic mass is 10.0. The Hall–Kier alpha value is -1.40. The number of nitrogens with two attached hydrogens (primary N) is 1. The van der Waals surface area contributed by atoms with Gasteiger partial charge in [0.05, 0.1) is 17.3 Å². The largest absolute Gasteiger partial charge is 0.416 e. The van der Waals surface area contributed by atoms with Crippen LogP contribution >= 0.6 is 11.3 Å². The maximum absolute atomic E-state index is 12.7. The molecule has 0 aliphatic rings. The molecule has 0 saturated heterocycles. The molecule has 1 aromatic heterocycles. The average Bonchev–Trinajstić information content (AvgIpc) is 2.78. The van der Waals surface area contributed by atoms with Crippen LogP contribution in [-0.4, -0.2) is 4.98 Å². The molecule has 0 aliphatic heterocycles. The molecule has 2 nitrogen and oxygen atoms in total. The van der Waals surface area contributed by atoms with E-state index in [1.54, 1.807) is 6.07 Å². The molecule has 0 saturated carbocycles. The van der Waals surface area contributed by atoms with E-state index in [1.807, 2.05) is 13.8 Å². The van der Waals surface area contributed by atoms with Gasteiger partial charge >= 0.3 is 6.18 Å². The number of hydrogen-bond donors (Lipinski definition) is 1. The highest BCUT2D eigenvalue weighted by Crippen LogP contribution is 2.32. The number of aryl methyl sites for hydroxylation is 2. The zero-order chi connectivity index (χ0) is 14.9. The van der Waals surface area contributed by atoms with Crippen molar-refractivity contribution >= 4 is 11.3 Å². The minimum Gasteiger partial charge on any atom is -0.318 e. The number of thiazole rings is 1. The predicted molar refractivity (Wildman–Crippen MR) is 73.7 cm³/mol. The van der Waals surface area contributed by atoms with Gasteiger partial charge in [0, 0.05) is 4.88 Å². The van der Waals surface area contributed by atoms with Crippen molar-refractivity contribution in [1.82, 2.24) is 4.98 Å². The predicted octanol–water partition coefficient (Wildman–Crippen LogP) is 4.08. The number of alkyl halides is 3. The first-order valence-corrected chi connectivity index (χ1v) is 7.03. The molecule has 1 unspecified atom stereocenters. The Labute approximate surface area is 119 Å². The number of rotatable bonds is 3. The van der Waals surface area contributed by atoms with E-state index in [-0.39, 0.29) is 0 Å². The van der Waals surface area contributed by atoms with E-state index in [4.69, 9.17) is 5.73 Å². The van der Waals surface area contributed by atoms with E-state index in [0.717, 1.165) is 29.1 Å². The van der Waals surface area contributed by atoms with Crippen molar-refractivity contribution in [2.45, 2.75) is 32.5 Å². The summed E-state index contributed by atoms with van der Waals surface area (Å²) in [6.07, 6.45) is -3.57. The smallest absolute Gasteiger partial charge is 0.318 e. The van der Waals surface area contributed by atoms with E-state index < -0.39 is 17.8 Å². The highest BCUT2D eigenvalue weighted by atomic mass is 32.1. The number of hydrogen-bond acceptors (Lipinski definition) is 3. The lowest BCUT2D eigenvalue weighted by Gasteiger charge is -2.12. The molecular weight excluding hydrogens is 285 g/mol. The summed E-state index contributed by atoms with van der Waals surface area (Å²) in [5, 5.41) is 0.652. The first kappa shape index (κ1) is 15.0. The molecule has 2 N–H and O–H groups in total. The van der Waals surface area contributed by atoms with Crippen LogP contribution in [0.3, 0.4) is 0 Å². The summed E-state index contributed by atoms with van der Waals surface area (Å²) in [6, 6.07) is 4.48. The summed E-state index contributed by atoms with van der Waals surface area (Å²) in [6.45, 7) is 3.93. The molecule has 1 heterocycles. The topological polar surface area (TPSA) is 38.9 Å². The van der Waals surface area contributed by atoms with Gasteiger partial charge in [0.25, 0.3) is 0 Å². The fourth-order valence-corrected chi connectivity index (χ4v) is 3.00. The van der Waals surface area contributed by atoms with Crippen LogP contribution in [-0.2, 0) is 12.6 Å². The monoisotopic (exact) mass is 300 g/mol. The van der Waals surface area contributed by atoms with Crippen molar-refractivity contribution in [3.63, 3.8) is 0 Å². The van der Waals surface area contributed by atoms with Gasteiger partial charge in [-0.2, -0.15) is 13.2 Å². The molecule has 2 rings (SSSR count). The average molecular weight is 300 g/mol. The quantitative estimate of drug-likeness (QED) is 0.927. The fourth-order valence-electron chi connectivity index (χ4n) is 1.96. The fraction of sp³-hybridized carbons (Fsp3) is 0.357. The summed E-state index contributed by atoms with van der Waals surface area (Å²) in [5.74, 6) is 0. The Morgan fingerprint density at radius 1 is 1.35 bits per heavy atom. The molecular formula is C14H15F3N2S. The Kier molecular flexibility index (Phi) is 4.15. The third kappa shape index (κ3) is 3.02. The van der Waals surface area contributed by atoms with Crippen LogP contribution < -0.4 is 5.73 Å². The van der Waals surface area contributed by atoms with Crippen molar-refractivity contribution in [2.75, 3.05) is 0 Å². The van der Waals surface area contributed by atoms with Crippen LogP contribution in [0.4, 0.5) is 13.2 Å². The second-order valence-corrected chi connectivity index (χ2v) is 5.74. The molecule has 0 amide bonds. The van der Waals surface area contributed by atoms with Gasteiger partial charge in [-0.05, 0) is 31.0 Å². The van der Waals surface area contributed by atoms with E-state index in [1.165, 1.54) is 17.4 Å². The van der Waals surface area contributed by atoms with Gasteiger partial charge in [0.15, 0.2) is 0 Å². The summed E-state index contributed by atoms with van der Waals surface area (Å²) >= 11 is 1.44. The molecule has 0 bridgehead atoms. The summed E-state index contributed by atoms with van der Waals surface area (Å²) < 4.78 is 38.1. The lowest BCUT2D eigenvalue weighted by Crippen LogP contribution is -2.13. The third-order valence-electron chi connectivity index (χ3n) is 3.08. The van der Waals surface area contributed by atoms with Gasteiger partial charge < -0.3 is 5.73 Å². The Morgan fingerprint density at radius 2 is 2.05 bits per heavy atom. The standard InChI is InChI=1S/C14H15F3N2S/c1-3-11-8(2)20-13(19-11)12(18)9-5-4-6-10(7-9)14(15,16)17/h4-7,12H,3,18H2,1-2H3. The molecule has 1 atom stereocenters. The number of nitrogens with zero attached hydrogens (tertiary/aromatic N) is 1. The zero-order valence-corrected chi connectivity index (χ0v) is 12.0. The van der Waals surface area contributed by atoms with Gasteiger partial charge in [-0.3, -0.25) is 0 Å². The van der Waals surface area contributed by atoms with E-state index in [0.29, 0.717) is 10.6 Å². The molecule has 1 aromatic carbocycles. The Bertz CT molecular complexity index is 605. The molecule has 6 heteroatoms. The van der Waals surface area contributed by atoms with Gasteiger partial charge in [-0.15, -0.1) is 11.3 Å². The summed E-state index contributed by atoms with van der Waals surface area (Å²) in [4.78, 5) is 5.47. The van der Waals surface area contributed by atoms with Crippen molar-refractivity contribution in [2.24, 2.45) is 5.73 Å². The van der Waals surface area contributed by atoms with Crippen LogP contribution in [0.1, 0.15) is 39.7 Å². The second kappa shape index (κ2) is 5.54. The molecule has 108 valence electrons. The van der Waals surface area contributed by atoms with Crippen LogP contribution in [0.25, 0.3) is 0 Å². The third-order valence-corrected chi connectivity index (χ3v) is 4.18. The minimum atomic E-state index is -4.36. The van der Waals surface area contributed by atoms with Gasteiger partial charge in [-0.1, -0.05) is 19.1 Å². The van der Waals surface area contributed by atoms with Gasteiger partial charge in [0.2, 0.25) is 0 Å². The first-order chi connectivity index (χ1) is 9.32. The summed E-state index contributed by atoms with van der Waals surface area (Å²) in [5.41, 5.74) is 6.74. The van der Waals surface area contributed by atoms with Gasteiger partial charge in [-0.25, -0.2) is 4.98 Å². The normalized spacial score (nSPS) is 13.5. The van der Waals surface area contributed by atoms with Crippen LogP contribution in [0.2, 0.25) is 0 Å². The van der Waals surface area contributed by atoms with Crippen LogP contribution in [0, 0.1) is 6.92 Å². The van der Waals surface area contributed by atoms with E-state index in [9.17, 15) is 13.2 Å². The zero-order valence-electron chi connectivity index (χ0n) is 11.2. The van der Waals surface area contributed by atoms with Crippen molar-refractivity contribution in [1.29, 1.82) is 0 Å². The second-order valence-electron chi connectivity index (χ2n) is 4.51. The lowest BCUT2D eigenvalue weighted by molar-refractivity contribution is -0.137. The van der Waals surface area contributed by atoms with Crippen LogP contribution in [0.5, 0.6) is 0 Å². The van der Waals surface area contributed by atoms with E-state index in [2.05, 4.69) is 4.98 Å². The number of halogens is 3. The SMILES string of the molecule is CCc1nc(C(N)c2cccc(C(F)(F)F)c2)sc1C. The van der Waals surface area contributed by atoms with Crippen molar-refractivity contribution < 1.29 is 13.2 Å². The maximum atomic E-state index is 12.7. The molecule has 20 heavy (non-hydrogen) atoms. The Morgan fingerprint density at radius 3 is 2.60 bits per heavy atom. The number of benzene rings is 1. The molecule has 2 aromatic rings. The molecule has 0 spiro atoms. The highest BCUT2D eigenvalue weighted by Gasteiger charge is 2.31. The van der Waals surface area contributed by atoms with Crippen molar-refractivity contribution in [3.05, 3.63) is 51.0 Å². The van der Waals surface area contributed by atoms with Crippen molar-refractivity contribution in [3.8, 4) is 0 Å². The summed E-state index contributed by atoms with van der Waals surface area (Å²) in [7, 11) is 0. The van der Waals surface area contributed by atoms with E-state index >= 15 is 0 Å². The first-order valence-electron chi connectivity index (χ1n) is 6.22. The molecule has 0 fully saturated rings. The minimum absolute atomic E-state index is 0.427. The Balaban J connectivity index is 2.35. The highest BCUT2D eigenvalue weighted by molar-refractivity contribution is 7.11. The molecule has 0 radical (unpaired) electrons. The molecule has 0 aliphatic carbocycles.